The number of hydrogen-bond acceptors (Lipinski definition) is 4. The minimum Gasteiger partial charge on any atom is -0.355 e. The maximum absolute atomic E-state index is 12.5. The third kappa shape index (κ3) is 3.40. The molecule has 1 aromatic carbocycles. The SMILES string of the molecule is CNC(=O)c1ccc(S(=O)(=O)N2CCNC(=O)CC2)cc1. The van der Waals surface area contributed by atoms with E-state index in [0.29, 0.717) is 12.1 Å². The molecule has 0 bridgehead atoms. The van der Waals surface area contributed by atoms with Gasteiger partial charge in [0.25, 0.3) is 5.91 Å². The summed E-state index contributed by atoms with van der Waals surface area (Å²) in [7, 11) is -2.14. The fraction of sp³-hybridized carbons (Fsp3) is 0.385. The van der Waals surface area contributed by atoms with Crippen molar-refractivity contribution >= 4 is 21.8 Å². The van der Waals surface area contributed by atoms with E-state index in [4.69, 9.17) is 0 Å². The number of nitrogens with zero attached hydrogens (tertiary/aromatic N) is 1. The molecule has 1 saturated heterocycles. The Bertz CT molecular complexity index is 640. The molecule has 0 radical (unpaired) electrons. The zero-order valence-electron chi connectivity index (χ0n) is 11.6. The van der Waals surface area contributed by atoms with E-state index in [0.717, 1.165) is 0 Å². The Kier molecular flexibility index (Phi) is 4.59. The average Bonchev–Trinajstić information content (AvgIpc) is 2.71. The lowest BCUT2D eigenvalue weighted by molar-refractivity contribution is -0.120. The Morgan fingerprint density at radius 1 is 1.24 bits per heavy atom. The van der Waals surface area contributed by atoms with Crippen LogP contribution in [0.5, 0.6) is 0 Å². The Labute approximate surface area is 123 Å². The topological polar surface area (TPSA) is 95.6 Å². The first-order chi connectivity index (χ1) is 9.95. The van der Waals surface area contributed by atoms with Gasteiger partial charge in [-0.1, -0.05) is 0 Å². The van der Waals surface area contributed by atoms with Crippen molar-refractivity contribution in [2.24, 2.45) is 0 Å². The fourth-order valence-corrected chi connectivity index (χ4v) is 3.50. The van der Waals surface area contributed by atoms with E-state index in [2.05, 4.69) is 10.6 Å². The first-order valence-corrected chi connectivity index (χ1v) is 7.98. The number of rotatable bonds is 3. The van der Waals surface area contributed by atoms with Crippen molar-refractivity contribution in [3.8, 4) is 0 Å². The predicted molar refractivity (Wildman–Crippen MR) is 76.2 cm³/mol. The summed E-state index contributed by atoms with van der Waals surface area (Å²) in [5.41, 5.74) is 0.393. The van der Waals surface area contributed by atoms with Crippen LogP contribution >= 0.6 is 0 Å². The van der Waals surface area contributed by atoms with E-state index in [9.17, 15) is 18.0 Å². The second kappa shape index (κ2) is 6.23. The van der Waals surface area contributed by atoms with Gasteiger partial charge >= 0.3 is 0 Å². The van der Waals surface area contributed by atoms with Gasteiger partial charge in [-0.25, -0.2) is 8.42 Å². The number of benzene rings is 1. The van der Waals surface area contributed by atoms with Crippen molar-refractivity contribution in [3.63, 3.8) is 0 Å². The fourth-order valence-electron chi connectivity index (χ4n) is 2.06. The van der Waals surface area contributed by atoms with Crippen LogP contribution < -0.4 is 10.6 Å². The summed E-state index contributed by atoms with van der Waals surface area (Å²) in [6.07, 6.45) is 0.148. The van der Waals surface area contributed by atoms with Gasteiger partial charge in [0, 0.05) is 38.7 Å². The van der Waals surface area contributed by atoms with Gasteiger partial charge in [-0.05, 0) is 24.3 Å². The van der Waals surface area contributed by atoms with Crippen LogP contribution in [-0.2, 0) is 14.8 Å². The summed E-state index contributed by atoms with van der Waals surface area (Å²) in [6, 6.07) is 5.74. The third-order valence-corrected chi connectivity index (χ3v) is 5.17. The first-order valence-electron chi connectivity index (χ1n) is 6.54. The van der Waals surface area contributed by atoms with Crippen molar-refractivity contribution in [3.05, 3.63) is 29.8 Å². The molecule has 1 heterocycles. The van der Waals surface area contributed by atoms with Crippen LogP contribution in [-0.4, -0.2) is 51.2 Å². The lowest BCUT2D eigenvalue weighted by Gasteiger charge is -2.19. The Hall–Kier alpha value is -1.93. The van der Waals surface area contributed by atoms with E-state index < -0.39 is 10.0 Å². The highest BCUT2D eigenvalue weighted by Gasteiger charge is 2.26. The van der Waals surface area contributed by atoms with Crippen molar-refractivity contribution < 1.29 is 18.0 Å². The zero-order valence-corrected chi connectivity index (χ0v) is 12.4. The molecule has 8 heteroatoms. The molecule has 0 unspecified atom stereocenters. The zero-order chi connectivity index (χ0) is 15.5. The molecule has 0 atom stereocenters. The molecule has 21 heavy (non-hydrogen) atoms. The van der Waals surface area contributed by atoms with Crippen LogP contribution in [0.3, 0.4) is 0 Å². The highest BCUT2D eigenvalue weighted by Crippen LogP contribution is 2.17. The van der Waals surface area contributed by atoms with Gasteiger partial charge in [-0.15, -0.1) is 0 Å². The molecule has 1 fully saturated rings. The molecule has 1 aliphatic rings. The van der Waals surface area contributed by atoms with Crippen molar-refractivity contribution in [2.45, 2.75) is 11.3 Å². The lowest BCUT2D eigenvalue weighted by atomic mass is 10.2. The summed E-state index contributed by atoms with van der Waals surface area (Å²) in [6.45, 7) is 0.699. The summed E-state index contributed by atoms with van der Waals surface area (Å²) >= 11 is 0. The van der Waals surface area contributed by atoms with E-state index in [1.165, 1.54) is 35.6 Å². The maximum Gasteiger partial charge on any atom is 0.251 e. The molecule has 1 aromatic rings. The second-order valence-electron chi connectivity index (χ2n) is 4.61. The average molecular weight is 311 g/mol. The number of hydrogen-bond donors (Lipinski definition) is 2. The maximum atomic E-state index is 12.5. The minimum absolute atomic E-state index is 0.115. The summed E-state index contributed by atoms with van der Waals surface area (Å²) in [5.74, 6) is -0.425. The van der Waals surface area contributed by atoms with Crippen LogP contribution in [0.2, 0.25) is 0 Å². The molecular weight excluding hydrogens is 294 g/mol. The lowest BCUT2D eigenvalue weighted by Crippen LogP contribution is -2.34. The molecule has 0 aliphatic carbocycles. The van der Waals surface area contributed by atoms with E-state index >= 15 is 0 Å². The van der Waals surface area contributed by atoms with Gasteiger partial charge in [0.2, 0.25) is 15.9 Å². The first kappa shape index (κ1) is 15.5. The number of nitrogens with one attached hydrogen (secondary N) is 2. The molecule has 2 rings (SSSR count). The second-order valence-corrected chi connectivity index (χ2v) is 6.55. The van der Waals surface area contributed by atoms with Gasteiger partial charge in [0.1, 0.15) is 0 Å². The summed E-state index contributed by atoms with van der Waals surface area (Å²) in [5, 5.41) is 5.10. The Morgan fingerprint density at radius 2 is 1.90 bits per heavy atom. The van der Waals surface area contributed by atoms with Gasteiger partial charge in [0.05, 0.1) is 4.90 Å². The van der Waals surface area contributed by atoms with Crippen LogP contribution in [0.4, 0.5) is 0 Å². The number of sulfonamides is 1. The molecule has 7 nitrogen and oxygen atoms in total. The van der Waals surface area contributed by atoms with Crippen LogP contribution in [0, 0.1) is 0 Å². The molecule has 1 aliphatic heterocycles. The van der Waals surface area contributed by atoms with Crippen LogP contribution in [0.1, 0.15) is 16.8 Å². The van der Waals surface area contributed by atoms with Crippen molar-refractivity contribution in [1.29, 1.82) is 0 Å². The van der Waals surface area contributed by atoms with Gasteiger partial charge in [-0.3, -0.25) is 9.59 Å². The van der Waals surface area contributed by atoms with Crippen LogP contribution in [0.25, 0.3) is 0 Å². The largest absolute Gasteiger partial charge is 0.355 e. The quantitative estimate of drug-likeness (QED) is 0.791. The molecule has 114 valence electrons. The van der Waals surface area contributed by atoms with Crippen LogP contribution in [0.15, 0.2) is 29.2 Å². The van der Waals surface area contributed by atoms with Crippen molar-refractivity contribution in [1.82, 2.24) is 14.9 Å². The monoisotopic (exact) mass is 311 g/mol. The predicted octanol–water partition coefficient (Wildman–Crippen LogP) is -0.443. The number of amides is 2. The molecule has 2 N–H and O–H groups in total. The molecule has 0 spiro atoms. The smallest absolute Gasteiger partial charge is 0.251 e. The minimum atomic E-state index is -3.65. The molecular formula is C13H17N3O4S. The highest BCUT2D eigenvalue weighted by atomic mass is 32.2. The summed E-state index contributed by atoms with van der Waals surface area (Å²) in [4.78, 5) is 22.8. The number of carbonyl (C=O) groups is 2. The third-order valence-electron chi connectivity index (χ3n) is 3.25. The van der Waals surface area contributed by atoms with Crippen molar-refractivity contribution in [2.75, 3.05) is 26.7 Å². The van der Waals surface area contributed by atoms with E-state index in [1.807, 2.05) is 0 Å². The molecule has 0 saturated carbocycles. The van der Waals surface area contributed by atoms with Gasteiger partial charge < -0.3 is 10.6 Å². The van der Waals surface area contributed by atoms with E-state index in [1.54, 1.807) is 0 Å². The summed E-state index contributed by atoms with van der Waals surface area (Å²) < 4.78 is 26.2. The standard InChI is InChI=1S/C13H17N3O4S/c1-14-13(18)10-2-4-11(5-3-10)21(19,20)16-8-6-12(17)15-7-9-16/h2-5H,6-9H2,1H3,(H,14,18)(H,15,17). The highest BCUT2D eigenvalue weighted by molar-refractivity contribution is 7.89. The van der Waals surface area contributed by atoms with E-state index in [-0.39, 0.29) is 36.2 Å². The molecule has 2 amide bonds. The van der Waals surface area contributed by atoms with Gasteiger partial charge in [0.15, 0.2) is 0 Å². The Balaban J connectivity index is 2.22. The normalized spacial score (nSPS) is 16.9. The van der Waals surface area contributed by atoms with Gasteiger partial charge in [-0.2, -0.15) is 4.31 Å². The molecule has 0 aromatic heterocycles. The Morgan fingerprint density at radius 3 is 2.52 bits per heavy atom. The number of carbonyl (C=O) groups excluding carboxylic acids is 2.